The number of carbonyl (C=O) groups excluding carboxylic acids is 2. The second kappa shape index (κ2) is 12.8. The molecule has 0 saturated heterocycles. The number of amides is 3. The first kappa shape index (κ1) is 31.1. The van der Waals surface area contributed by atoms with Crippen LogP contribution in [-0.2, 0) is 16.8 Å². The lowest BCUT2D eigenvalue weighted by atomic mass is 9.92. The van der Waals surface area contributed by atoms with E-state index in [4.69, 9.17) is 19.3 Å². The lowest BCUT2D eigenvalue weighted by Crippen LogP contribution is -2.39. The average molecular weight is 637 g/mol. The molecule has 6 rings (SSSR count). The van der Waals surface area contributed by atoms with Crippen LogP contribution in [0.5, 0.6) is 23.0 Å². The van der Waals surface area contributed by atoms with E-state index >= 15 is 4.39 Å². The van der Waals surface area contributed by atoms with Crippen LogP contribution in [0.15, 0.2) is 91.1 Å². The van der Waals surface area contributed by atoms with E-state index in [1.165, 1.54) is 23.2 Å². The van der Waals surface area contributed by atoms with Crippen LogP contribution in [0.1, 0.15) is 32.0 Å². The lowest BCUT2D eigenvalue weighted by Gasteiger charge is -2.29. The predicted molar refractivity (Wildman–Crippen MR) is 175 cm³/mol. The molecule has 0 bridgehead atoms. The van der Waals surface area contributed by atoms with Crippen LogP contribution in [0.3, 0.4) is 0 Å². The molecular formula is C35H33FN6O5. The van der Waals surface area contributed by atoms with Crippen molar-refractivity contribution < 1.29 is 28.2 Å². The molecule has 2 aromatic heterocycles. The number of methoxy groups -OCH3 is 1. The minimum absolute atomic E-state index is 0.0547. The lowest BCUT2D eigenvalue weighted by molar-refractivity contribution is -0.121. The van der Waals surface area contributed by atoms with Gasteiger partial charge in [0.15, 0.2) is 18.2 Å². The molecule has 240 valence electrons. The number of hydrogen-bond acceptors (Lipinski definition) is 7. The number of nitrogens with zero attached hydrogens (tertiary/aromatic N) is 4. The van der Waals surface area contributed by atoms with Gasteiger partial charge >= 0.3 is 6.03 Å². The van der Waals surface area contributed by atoms with Gasteiger partial charge in [0, 0.05) is 29.8 Å². The van der Waals surface area contributed by atoms with E-state index in [2.05, 4.69) is 15.6 Å². The number of carbonyl (C=O) groups is 2. The van der Waals surface area contributed by atoms with E-state index < -0.39 is 11.8 Å². The van der Waals surface area contributed by atoms with E-state index in [-0.39, 0.29) is 53.2 Å². The Morgan fingerprint density at radius 1 is 0.979 bits per heavy atom. The highest BCUT2D eigenvalue weighted by molar-refractivity contribution is 5.99. The summed E-state index contributed by atoms with van der Waals surface area (Å²) in [5, 5.41) is 10.0. The number of para-hydroxylation sites is 1. The van der Waals surface area contributed by atoms with Gasteiger partial charge in [-0.05, 0) is 42.0 Å². The van der Waals surface area contributed by atoms with E-state index in [9.17, 15) is 9.59 Å². The molecule has 1 aliphatic rings. The van der Waals surface area contributed by atoms with Crippen molar-refractivity contribution in [3.63, 3.8) is 0 Å². The molecule has 47 heavy (non-hydrogen) atoms. The molecule has 12 heteroatoms. The topological polar surface area (TPSA) is 120 Å². The highest BCUT2D eigenvalue weighted by Gasteiger charge is 2.30. The minimum Gasteiger partial charge on any atom is -0.497 e. The number of fused-ring (bicyclic) bond motifs is 1. The summed E-state index contributed by atoms with van der Waals surface area (Å²) in [5.74, 6) is 1.10. The first-order chi connectivity index (χ1) is 22.6. The second-order valence-electron chi connectivity index (χ2n) is 11.8. The van der Waals surface area contributed by atoms with Gasteiger partial charge in [-0.3, -0.25) is 15.0 Å². The number of pyridine rings is 1. The number of anilines is 3. The number of nitrogens with one attached hydrogen (secondary N) is 2. The Kier molecular flexibility index (Phi) is 8.49. The number of rotatable bonds is 8. The molecule has 3 amide bonds. The van der Waals surface area contributed by atoms with Crippen LogP contribution in [0.25, 0.3) is 5.69 Å². The predicted octanol–water partition coefficient (Wildman–Crippen LogP) is 7.07. The monoisotopic (exact) mass is 636 g/mol. The summed E-state index contributed by atoms with van der Waals surface area (Å²) in [6.45, 7) is 6.13. The van der Waals surface area contributed by atoms with Gasteiger partial charge < -0.3 is 19.5 Å². The molecule has 3 heterocycles. The molecule has 1 aliphatic heterocycles. The summed E-state index contributed by atoms with van der Waals surface area (Å²) in [7, 11) is 1.58. The van der Waals surface area contributed by atoms with Crippen LogP contribution >= 0.6 is 0 Å². The summed E-state index contributed by atoms with van der Waals surface area (Å²) in [4.78, 5) is 31.7. The molecule has 3 aromatic carbocycles. The fourth-order valence-electron chi connectivity index (χ4n) is 4.90. The Labute approximate surface area is 270 Å². The van der Waals surface area contributed by atoms with E-state index in [1.807, 2.05) is 75.4 Å². The number of aromatic nitrogens is 3. The number of hydrogen-bond donors (Lipinski definition) is 2. The van der Waals surface area contributed by atoms with Gasteiger partial charge in [0.25, 0.3) is 5.91 Å². The molecule has 11 nitrogen and oxygen atoms in total. The largest absolute Gasteiger partial charge is 0.497 e. The first-order valence-corrected chi connectivity index (χ1v) is 14.9. The summed E-state index contributed by atoms with van der Waals surface area (Å²) >= 11 is 0. The van der Waals surface area contributed by atoms with E-state index in [0.717, 1.165) is 23.0 Å². The van der Waals surface area contributed by atoms with Crippen molar-refractivity contribution in [1.82, 2.24) is 14.8 Å². The Hall–Kier alpha value is -5.91. The SMILES string of the molecule is COc1ccc(CN2C(=O)COc3c(Oc4ccc(NC(=O)Nc5cc(C(C)(C)C)nn5-c5ccccc5)c(F)c4)ccnc32)cc1. The third-order valence-corrected chi connectivity index (χ3v) is 7.38. The fraction of sp³-hybridized carbons (Fsp3) is 0.200. The zero-order valence-corrected chi connectivity index (χ0v) is 26.3. The van der Waals surface area contributed by atoms with Crippen molar-refractivity contribution in [2.45, 2.75) is 32.7 Å². The van der Waals surface area contributed by atoms with Crippen molar-refractivity contribution in [1.29, 1.82) is 0 Å². The van der Waals surface area contributed by atoms with Crippen LogP contribution in [-0.4, -0.2) is 40.4 Å². The van der Waals surface area contributed by atoms with Crippen LogP contribution in [0, 0.1) is 5.82 Å². The van der Waals surface area contributed by atoms with Gasteiger partial charge in [0.1, 0.15) is 23.1 Å². The maximum Gasteiger partial charge on any atom is 0.324 e. The molecule has 0 unspecified atom stereocenters. The van der Waals surface area contributed by atoms with Crippen LogP contribution < -0.4 is 29.7 Å². The zero-order valence-electron chi connectivity index (χ0n) is 26.3. The summed E-state index contributed by atoms with van der Waals surface area (Å²) in [6.07, 6.45) is 1.49. The van der Waals surface area contributed by atoms with Crippen molar-refractivity contribution in [3.05, 3.63) is 108 Å². The Morgan fingerprint density at radius 2 is 1.72 bits per heavy atom. The first-order valence-electron chi connectivity index (χ1n) is 14.9. The highest BCUT2D eigenvalue weighted by atomic mass is 19.1. The van der Waals surface area contributed by atoms with E-state index in [1.54, 1.807) is 23.9 Å². The molecule has 0 radical (unpaired) electrons. The molecule has 0 fully saturated rings. The standard InChI is InChI=1S/C35H33FN6O5/c1-35(2,3)29-19-30(42(40-29)23-8-6-5-7-9-23)39-34(44)38-27-15-14-25(18-26(27)36)47-28-16-17-37-33-32(28)46-21-31(43)41(33)20-22-10-12-24(45-4)13-11-22/h5-19H,20-21H2,1-4H3,(H2,38,39,44). The Bertz CT molecular complexity index is 1920. The van der Waals surface area contributed by atoms with Gasteiger partial charge in [-0.2, -0.15) is 5.10 Å². The zero-order chi connectivity index (χ0) is 33.1. The molecule has 5 aromatic rings. The average Bonchev–Trinajstić information content (AvgIpc) is 3.49. The minimum atomic E-state index is -0.718. The van der Waals surface area contributed by atoms with Crippen molar-refractivity contribution >= 4 is 29.3 Å². The normalized spacial score (nSPS) is 12.6. The van der Waals surface area contributed by atoms with Crippen LogP contribution in [0.2, 0.25) is 0 Å². The summed E-state index contributed by atoms with van der Waals surface area (Å²) < 4.78 is 33.8. The number of ether oxygens (including phenoxy) is 3. The second-order valence-corrected chi connectivity index (χ2v) is 11.8. The Morgan fingerprint density at radius 3 is 2.43 bits per heavy atom. The van der Waals surface area contributed by atoms with Gasteiger partial charge in [-0.1, -0.05) is 51.1 Å². The quantitative estimate of drug-likeness (QED) is 0.187. The summed E-state index contributed by atoms with van der Waals surface area (Å²) in [5.41, 5.74) is 2.09. The number of benzene rings is 3. The molecule has 0 saturated carbocycles. The Balaban J connectivity index is 1.17. The number of urea groups is 1. The molecule has 0 atom stereocenters. The van der Waals surface area contributed by atoms with Gasteiger partial charge in [0.2, 0.25) is 5.75 Å². The van der Waals surface area contributed by atoms with Gasteiger partial charge in [0.05, 0.1) is 30.7 Å². The third kappa shape index (κ3) is 6.86. The van der Waals surface area contributed by atoms with Crippen LogP contribution in [0.4, 0.5) is 26.5 Å². The smallest absolute Gasteiger partial charge is 0.324 e. The highest BCUT2D eigenvalue weighted by Crippen LogP contribution is 2.41. The van der Waals surface area contributed by atoms with Crippen molar-refractivity contribution in [3.8, 4) is 28.7 Å². The summed E-state index contributed by atoms with van der Waals surface area (Å²) in [6, 6.07) is 23.5. The third-order valence-electron chi connectivity index (χ3n) is 7.38. The molecule has 0 spiro atoms. The van der Waals surface area contributed by atoms with Gasteiger partial charge in [-0.25, -0.2) is 18.9 Å². The number of halogens is 1. The molecule has 2 N–H and O–H groups in total. The van der Waals surface area contributed by atoms with E-state index in [0.29, 0.717) is 11.6 Å². The van der Waals surface area contributed by atoms with Gasteiger partial charge in [-0.15, -0.1) is 0 Å². The maximum absolute atomic E-state index is 15.3. The van der Waals surface area contributed by atoms with Crippen molar-refractivity contribution in [2.24, 2.45) is 0 Å². The molecule has 0 aliphatic carbocycles. The fourth-order valence-corrected chi connectivity index (χ4v) is 4.90. The van der Waals surface area contributed by atoms with Crippen molar-refractivity contribution in [2.75, 3.05) is 29.3 Å². The maximum atomic E-state index is 15.3. The molecular weight excluding hydrogens is 603 g/mol.